The minimum Gasteiger partial charge on any atom is -0.503 e. The Morgan fingerprint density at radius 2 is 1.56 bits per heavy atom. The number of benzene rings is 3. The Morgan fingerprint density at radius 3 is 2.21 bits per heavy atom. The van der Waals surface area contributed by atoms with Crippen molar-refractivity contribution in [3.05, 3.63) is 97.9 Å². The normalized spacial score (nSPS) is 29.4. The molecule has 2 saturated heterocycles. The average molecular weight is 817 g/mol. The maximum absolute atomic E-state index is 14.3. The third-order valence-electron chi connectivity index (χ3n) is 10.1. The topological polar surface area (TPSA) is 121 Å². The third-order valence-corrected chi connectivity index (χ3v) is 13.7. The lowest BCUT2D eigenvalue weighted by atomic mass is 9.56. The lowest BCUT2D eigenvalue weighted by Gasteiger charge is -2.51. The number of carbonyl (C=O) groups excluding carboxylic acids is 5. The summed E-state index contributed by atoms with van der Waals surface area (Å²) in [5.41, 5.74) is 2.21. The van der Waals surface area contributed by atoms with E-state index in [4.69, 9.17) is 27.9 Å². The Hall–Kier alpha value is -3.51. The van der Waals surface area contributed by atoms with Crippen LogP contribution in [-0.4, -0.2) is 63.3 Å². The molecule has 9 nitrogen and oxygen atoms in total. The number of methoxy groups -OCH3 is 1. The molecule has 2 aliphatic carbocycles. The summed E-state index contributed by atoms with van der Waals surface area (Å²) in [7, 11) is 2.69. The molecule has 0 radical (unpaired) electrons. The van der Waals surface area contributed by atoms with Gasteiger partial charge in [0, 0.05) is 28.6 Å². The van der Waals surface area contributed by atoms with Gasteiger partial charge in [0.15, 0.2) is 27.0 Å². The number of carbonyl (C=O) groups is 5. The van der Waals surface area contributed by atoms with Gasteiger partial charge in [-0.15, -0.1) is 23.2 Å². The van der Waals surface area contributed by atoms with E-state index < -0.39 is 57.0 Å². The predicted molar refractivity (Wildman–Crippen MR) is 184 cm³/mol. The van der Waals surface area contributed by atoms with E-state index in [1.54, 1.807) is 48.5 Å². The lowest BCUT2D eigenvalue weighted by Crippen LogP contribution is -2.60. The summed E-state index contributed by atoms with van der Waals surface area (Å²) < 4.78 is 5.99. The number of halogens is 4. The van der Waals surface area contributed by atoms with Crippen LogP contribution in [0.2, 0.25) is 0 Å². The number of imide groups is 2. The van der Waals surface area contributed by atoms with Gasteiger partial charge in [0.25, 0.3) is 11.8 Å². The van der Waals surface area contributed by atoms with Crippen molar-refractivity contribution < 1.29 is 33.8 Å². The molecule has 0 spiro atoms. The van der Waals surface area contributed by atoms with E-state index >= 15 is 0 Å². The van der Waals surface area contributed by atoms with E-state index in [2.05, 4.69) is 31.9 Å². The zero-order valence-electron chi connectivity index (χ0n) is 25.4. The molecule has 1 saturated carbocycles. The largest absolute Gasteiger partial charge is 0.503 e. The van der Waals surface area contributed by atoms with Gasteiger partial charge in [-0.3, -0.25) is 33.8 Å². The zero-order valence-corrected chi connectivity index (χ0v) is 30.1. The molecular formula is C35H26Br2Cl2N2O7. The highest BCUT2D eigenvalue weighted by molar-refractivity contribution is 9.13. The molecule has 4 amide bonds. The molecule has 246 valence electrons. The molecule has 13 heteroatoms. The standard InChI is InChI=1S/C35H26Br2Cl2N2O7/c1-40-32(46)34(38)15-22-19(25(35(34,39)33(40)47)21-14-23(48-2)29(43)27(37)26(21)36)12-13-20-24(22)31(45)41(30(20)44)18-10-8-17(9-11-18)28(42)16-6-4-3-5-7-16/h3-12,14,20,22,24-25,43H,13,15H2,1-2H3. The van der Waals surface area contributed by atoms with Crippen molar-refractivity contribution in [2.45, 2.75) is 28.5 Å². The first-order chi connectivity index (χ1) is 22.8. The molecule has 48 heavy (non-hydrogen) atoms. The number of ether oxygens (including phenoxy) is 1. The second kappa shape index (κ2) is 11.5. The third kappa shape index (κ3) is 4.36. The fraction of sp³-hybridized carbons (Fsp3) is 0.286. The number of ketones is 1. The summed E-state index contributed by atoms with van der Waals surface area (Å²) in [5.74, 6) is -6.07. The summed E-state index contributed by atoms with van der Waals surface area (Å²) in [6, 6.07) is 16.6. The van der Waals surface area contributed by atoms with Crippen LogP contribution in [0.5, 0.6) is 11.5 Å². The number of likely N-dealkylation sites (tertiary alicyclic amines) is 1. The van der Waals surface area contributed by atoms with Crippen molar-refractivity contribution in [1.82, 2.24) is 4.90 Å². The number of aromatic hydroxyl groups is 1. The number of phenols is 1. The molecule has 0 aromatic heterocycles. The van der Waals surface area contributed by atoms with E-state index in [1.807, 2.05) is 12.1 Å². The summed E-state index contributed by atoms with van der Waals surface area (Å²) in [5, 5.41) is 10.7. The van der Waals surface area contributed by atoms with Crippen molar-refractivity contribution >= 4 is 90.2 Å². The number of fused-ring (bicyclic) bond motifs is 4. The quantitative estimate of drug-likeness (QED) is 0.138. The zero-order chi connectivity index (χ0) is 34.4. The number of phenolic OH excluding ortho intramolecular Hbond substituents is 1. The molecule has 3 aromatic carbocycles. The number of amides is 4. The number of nitrogens with zero attached hydrogens (tertiary/aromatic N) is 2. The summed E-state index contributed by atoms with van der Waals surface area (Å²) in [6.45, 7) is 0. The van der Waals surface area contributed by atoms with E-state index in [-0.39, 0.29) is 34.6 Å². The molecule has 4 aliphatic rings. The first-order valence-electron chi connectivity index (χ1n) is 15.0. The lowest BCUT2D eigenvalue weighted by molar-refractivity contribution is -0.138. The van der Waals surface area contributed by atoms with Crippen LogP contribution in [0.3, 0.4) is 0 Å². The van der Waals surface area contributed by atoms with Crippen LogP contribution < -0.4 is 9.64 Å². The van der Waals surface area contributed by atoms with Gasteiger partial charge in [-0.25, -0.2) is 0 Å². The first-order valence-corrected chi connectivity index (χ1v) is 17.3. The Morgan fingerprint density at radius 1 is 0.917 bits per heavy atom. The van der Waals surface area contributed by atoms with Crippen molar-refractivity contribution in [3.8, 4) is 11.5 Å². The minimum absolute atomic E-state index is 0.0783. The van der Waals surface area contributed by atoms with E-state index in [0.717, 1.165) is 9.80 Å². The van der Waals surface area contributed by atoms with Gasteiger partial charge < -0.3 is 9.84 Å². The van der Waals surface area contributed by atoms with Gasteiger partial charge in [-0.1, -0.05) is 42.0 Å². The van der Waals surface area contributed by atoms with Crippen LogP contribution in [0.15, 0.2) is 81.3 Å². The van der Waals surface area contributed by atoms with Gasteiger partial charge in [0.1, 0.15) is 0 Å². The van der Waals surface area contributed by atoms with Gasteiger partial charge in [0.2, 0.25) is 11.8 Å². The number of hydrogen-bond donors (Lipinski definition) is 1. The summed E-state index contributed by atoms with van der Waals surface area (Å²) in [6.07, 6.45) is 1.83. The summed E-state index contributed by atoms with van der Waals surface area (Å²) in [4.78, 5) is 67.0. The van der Waals surface area contributed by atoms with Crippen molar-refractivity contribution in [2.75, 3.05) is 19.1 Å². The molecule has 6 atom stereocenters. The SMILES string of the molecule is COc1cc(C2C3=CCC4C(=O)N(c5ccc(C(=O)c6ccccc6)cc5)C(=O)C4C3CC3(Cl)C(=O)N(C)C(=O)C23Cl)c(Br)c(Br)c1O. The number of rotatable bonds is 5. The fourth-order valence-corrected chi connectivity index (χ4v) is 9.81. The molecule has 0 bridgehead atoms. The molecule has 7 rings (SSSR count). The van der Waals surface area contributed by atoms with Crippen molar-refractivity contribution in [1.29, 1.82) is 0 Å². The van der Waals surface area contributed by atoms with Crippen LogP contribution in [0, 0.1) is 17.8 Å². The van der Waals surface area contributed by atoms with Crippen LogP contribution in [0.25, 0.3) is 0 Å². The number of hydrogen-bond acceptors (Lipinski definition) is 7. The van der Waals surface area contributed by atoms with E-state index in [1.165, 1.54) is 20.2 Å². The highest BCUT2D eigenvalue weighted by Crippen LogP contribution is 2.66. The van der Waals surface area contributed by atoms with Crippen molar-refractivity contribution in [3.63, 3.8) is 0 Å². The second-order valence-corrected chi connectivity index (χ2v) is 15.2. The maximum Gasteiger partial charge on any atom is 0.253 e. The molecular weight excluding hydrogens is 791 g/mol. The molecule has 2 aliphatic heterocycles. The second-order valence-electron chi connectivity index (χ2n) is 12.4. The van der Waals surface area contributed by atoms with Crippen LogP contribution >= 0.6 is 55.1 Å². The molecule has 3 fully saturated rings. The van der Waals surface area contributed by atoms with E-state index in [0.29, 0.717) is 32.4 Å². The molecule has 2 heterocycles. The highest BCUT2D eigenvalue weighted by Gasteiger charge is 2.76. The van der Waals surface area contributed by atoms with E-state index in [9.17, 15) is 29.1 Å². The fourth-order valence-electron chi connectivity index (χ4n) is 7.84. The monoisotopic (exact) mass is 814 g/mol. The highest BCUT2D eigenvalue weighted by atomic mass is 79.9. The van der Waals surface area contributed by atoms with Gasteiger partial charge in [-0.05, 0) is 86.5 Å². The van der Waals surface area contributed by atoms with Crippen LogP contribution in [-0.2, 0) is 19.2 Å². The van der Waals surface area contributed by atoms with Gasteiger partial charge in [0.05, 0.1) is 29.1 Å². The van der Waals surface area contributed by atoms with Crippen LogP contribution in [0.4, 0.5) is 5.69 Å². The average Bonchev–Trinajstić information content (AvgIpc) is 3.42. The Labute approximate surface area is 302 Å². The smallest absolute Gasteiger partial charge is 0.253 e. The van der Waals surface area contributed by atoms with Gasteiger partial charge >= 0.3 is 0 Å². The Kier molecular flexibility index (Phi) is 7.94. The van der Waals surface area contributed by atoms with Crippen LogP contribution in [0.1, 0.15) is 40.2 Å². The molecule has 6 unspecified atom stereocenters. The molecule has 1 N–H and O–H groups in total. The number of alkyl halides is 2. The maximum atomic E-state index is 14.3. The number of anilines is 1. The Bertz CT molecular complexity index is 1990. The summed E-state index contributed by atoms with van der Waals surface area (Å²) >= 11 is 21.5. The predicted octanol–water partition coefficient (Wildman–Crippen LogP) is 6.35. The first kappa shape index (κ1) is 33.0. The van der Waals surface area contributed by atoms with Gasteiger partial charge in [-0.2, -0.15) is 0 Å². The van der Waals surface area contributed by atoms with Crippen molar-refractivity contribution in [2.24, 2.45) is 17.8 Å². The minimum atomic E-state index is -2.01. The number of allylic oxidation sites excluding steroid dienone is 2. The molecule has 3 aromatic rings. The Balaban J connectivity index is 1.31.